The van der Waals surface area contributed by atoms with Crippen molar-refractivity contribution >= 4 is 11.9 Å². The minimum atomic E-state index is -0.805. The Kier molecular flexibility index (Phi) is 6.08. The summed E-state index contributed by atoms with van der Waals surface area (Å²) in [4.78, 5) is 22.1. The number of hydrogen-bond acceptors (Lipinski definition) is 3. The number of aliphatic carboxylic acids is 1. The highest BCUT2D eigenvalue weighted by Gasteiger charge is 2.26. The van der Waals surface area contributed by atoms with Gasteiger partial charge in [0.25, 0.3) is 0 Å². The second kappa shape index (κ2) is 6.51. The molecular formula is C12H22O4. The second-order valence-electron chi connectivity index (χ2n) is 4.75. The van der Waals surface area contributed by atoms with Crippen molar-refractivity contribution in [2.75, 3.05) is 6.61 Å². The highest BCUT2D eigenvalue weighted by atomic mass is 16.5. The van der Waals surface area contributed by atoms with E-state index in [1.807, 2.05) is 20.8 Å². The lowest BCUT2D eigenvalue weighted by Crippen LogP contribution is -2.26. The minimum Gasteiger partial charge on any atom is -0.481 e. The van der Waals surface area contributed by atoms with Crippen molar-refractivity contribution < 1.29 is 19.4 Å². The van der Waals surface area contributed by atoms with E-state index in [-0.39, 0.29) is 11.9 Å². The highest BCUT2D eigenvalue weighted by molar-refractivity contribution is 5.75. The first kappa shape index (κ1) is 14.9. The van der Waals surface area contributed by atoms with Crippen LogP contribution in [0.15, 0.2) is 0 Å². The van der Waals surface area contributed by atoms with Crippen LogP contribution in [-0.2, 0) is 14.3 Å². The number of esters is 1. The molecule has 0 spiro atoms. The molecule has 0 aromatic heterocycles. The first-order valence-electron chi connectivity index (χ1n) is 5.71. The maximum atomic E-state index is 11.5. The van der Waals surface area contributed by atoms with Crippen LogP contribution in [0.3, 0.4) is 0 Å². The molecule has 0 heterocycles. The molecule has 0 saturated heterocycles. The second-order valence-corrected chi connectivity index (χ2v) is 4.75. The van der Waals surface area contributed by atoms with Crippen molar-refractivity contribution in [1.82, 2.24) is 0 Å². The molecule has 0 radical (unpaired) electrons. The third-order valence-corrected chi connectivity index (χ3v) is 2.87. The van der Waals surface area contributed by atoms with E-state index in [1.165, 1.54) is 0 Å². The van der Waals surface area contributed by atoms with Crippen LogP contribution in [0.2, 0.25) is 0 Å². The van der Waals surface area contributed by atoms with Gasteiger partial charge in [0.15, 0.2) is 0 Å². The van der Waals surface area contributed by atoms with Gasteiger partial charge in [0.2, 0.25) is 0 Å². The molecule has 4 heteroatoms. The summed E-state index contributed by atoms with van der Waals surface area (Å²) in [5.41, 5.74) is -0.446. The smallest absolute Gasteiger partial charge is 0.311 e. The van der Waals surface area contributed by atoms with E-state index in [4.69, 9.17) is 9.84 Å². The summed E-state index contributed by atoms with van der Waals surface area (Å²) in [6.45, 7) is 7.58. The Labute approximate surface area is 97.0 Å². The van der Waals surface area contributed by atoms with Gasteiger partial charge in [0.05, 0.1) is 17.9 Å². The molecule has 4 nitrogen and oxygen atoms in total. The lowest BCUT2D eigenvalue weighted by Gasteiger charge is -2.20. The molecule has 94 valence electrons. The lowest BCUT2D eigenvalue weighted by atomic mass is 9.91. The number of hydrogen-bond donors (Lipinski definition) is 1. The molecule has 0 aromatic rings. The van der Waals surface area contributed by atoms with Crippen LogP contribution in [-0.4, -0.2) is 23.7 Å². The van der Waals surface area contributed by atoms with Gasteiger partial charge in [-0.2, -0.15) is 0 Å². The van der Waals surface area contributed by atoms with E-state index in [0.717, 1.165) is 6.42 Å². The standard InChI is InChI=1S/C12H22O4/c1-5-12(3,4)11(15)16-8-6-7-9(2)10(13)14/h9H,5-8H2,1-4H3,(H,13,14). The van der Waals surface area contributed by atoms with Gasteiger partial charge in [-0.1, -0.05) is 13.8 Å². The molecule has 0 amide bonds. The Morgan fingerprint density at radius 3 is 2.38 bits per heavy atom. The first-order chi connectivity index (χ1) is 7.31. The normalized spacial score (nSPS) is 13.2. The molecule has 0 fully saturated rings. The van der Waals surface area contributed by atoms with E-state index in [9.17, 15) is 9.59 Å². The summed E-state index contributed by atoms with van der Waals surface area (Å²) in [5.74, 6) is -1.39. The van der Waals surface area contributed by atoms with Crippen molar-refractivity contribution in [3.05, 3.63) is 0 Å². The highest BCUT2D eigenvalue weighted by Crippen LogP contribution is 2.21. The van der Waals surface area contributed by atoms with E-state index in [1.54, 1.807) is 6.92 Å². The van der Waals surface area contributed by atoms with Crippen LogP contribution in [0.1, 0.15) is 47.0 Å². The number of carboxylic acids is 1. The minimum absolute atomic E-state index is 0.210. The number of carbonyl (C=O) groups is 2. The largest absolute Gasteiger partial charge is 0.481 e. The fraction of sp³-hybridized carbons (Fsp3) is 0.833. The van der Waals surface area contributed by atoms with Crippen molar-refractivity contribution in [2.45, 2.75) is 47.0 Å². The van der Waals surface area contributed by atoms with Crippen molar-refractivity contribution in [1.29, 1.82) is 0 Å². The third kappa shape index (κ3) is 5.14. The number of carboxylic acid groups (broad SMARTS) is 1. The molecule has 1 N–H and O–H groups in total. The monoisotopic (exact) mass is 230 g/mol. The molecule has 0 rings (SSSR count). The quantitative estimate of drug-likeness (QED) is 0.539. The van der Waals surface area contributed by atoms with Gasteiger partial charge in [-0.3, -0.25) is 9.59 Å². The van der Waals surface area contributed by atoms with Gasteiger partial charge in [0, 0.05) is 0 Å². The predicted octanol–water partition coefficient (Wildman–Crippen LogP) is 2.47. The summed E-state index contributed by atoms with van der Waals surface area (Å²) in [7, 11) is 0. The van der Waals surface area contributed by atoms with Gasteiger partial charge in [-0.25, -0.2) is 0 Å². The molecule has 16 heavy (non-hydrogen) atoms. The molecule has 1 atom stereocenters. The van der Waals surface area contributed by atoms with E-state index in [0.29, 0.717) is 19.4 Å². The van der Waals surface area contributed by atoms with Crippen LogP contribution in [0.4, 0.5) is 0 Å². The number of rotatable bonds is 7. The average molecular weight is 230 g/mol. The fourth-order valence-corrected chi connectivity index (χ4v) is 1.02. The zero-order valence-electron chi connectivity index (χ0n) is 10.6. The fourth-order valence-electron chi connectivity index (χ4n) is 1.02. The lowest BCUT2D eigenvalue weighted by molar-refractivity contribution is -0.154. The molecular weight excluding hydrogens is 208 g/mol. The zero-order valence-corrected chi connectivity index (χ0v) is 10.6. The summed E-state index contributed by atoms with van der Waals surface area (Å²) >= 11 is 0. The third-order valence-electron chi connectivity index (χ3n) is 2.87. The maximum Gasteiger partial charge on any atom is 0.311 e. The summed E-state index contributed by atoms with van der Waals surface area (Å²) < 4.78 is 5.10. The Balaban J connectivity index is 3.76. The Hall–Kier alpha value is -1.06. The van der Waals surface area contributed by atoms with E-state index >= 15 is 0 Å². The Morgan fingerprint density at radius 2 is 1.94 bits per heavy atom. The van der Waals surface area contributed by atoms with Crippen LogP contribution < -0.4 is 0 Å². The topological polar surface area (TPSA) is 63.6 Å². The Bertz CT molecular complexity index is 245. The molecule has 0 saturated carbocycles. The van der Waals surface area contributed by atoms with E-state index < -0.39 is 11.4 Å². The van der Waals surface area contributed by atoms with Crippen LogP contribution in [0.25, 0.3) is 0 Å². The van der Waals surface area contributed by atoms with Crippen LogP contribution in [0.5, 0.6) is 0 Å². The van der Waals surface area contributed by atoms with Crippen LogP contribution in [0, 0.1) is 11.3 Å². The summed E-state index contributed by atoms with van der Waals surface area (Å²) in [6, 6.07) is 0. The number of ether oxygens (including phenoxy) is 1. The SMILES string of the molecule is CCC(C)(C)C(=O)OCCCC(C)C(=O)O. The van der Waals surface area contributed by atoms with Gasteiger partial charge in [-0.15, -0.1) is 0 Å². The summed E-state index contributed by atoms with van der Waals surface area (Å²) in [5, 5.41) is 8.65. The van der Waals surface area contributed by atoms with Gasteiger partial charge >= 0.3 is 11.9 Å². The van der Waals surface area contributed by atoms with Gasteiger partial charge in [-0.05, 0) is 33.1 Å². The predicted molar refractivity (Wildman–Crippen MR) is 61.1 cm³/mol. The molecule has 0 aliphatic heterocycles. The molecule has 0 aromatic carbocycles. The maximum absolute atomic E-state index is 11.5. The van der Waals surface area contributed by atoms with Crippen molar-refractivity contribution in [2.24, 2.45) is 11.3 Å². The summed E-state index contributed by atoms with van der Waals surface area (Å²) in [6.07, 6.45) is 1.87. The molecule has 0 bridgehead atoms. The Morgan fingerprint density at radius 1 is 1.38 bits per heavy atom. The van der Waals surface area contributed by atoms with Crippen molar-refractivity contribution in [3.63, 3.8) is 0 Å². The number of carbonyl (C=O) groups excluding carboxylic acids is 1. The molecule has 1 unspecified atom stereocenters. The van der Waals surface area contributed by atoms with Gasteiger partial charge in [0.1, 0.15) is 0 Å². The zero-order chi connectivity index (χ0) is 12.8. The van der Waals surface area contributed by atoms with Crippen LogP contribution >= 0.6 is 0 Å². The van der Waals surface area contributed by atoms with Gasteiger partial charge < -0.3 is 9.84 Å². The van der Waals surface area contributed by atoms with Crippen molar-refractivity contribution in [3.8, 4) is 0 Å². The average Bonchev–Trinajstić information content (AvgIpc) is 2.23. The first-order valence-corrected chi connectivity index (χ1v) is 5.71. The molecule has 0 aliphatic rings. The molecule has 0 aliphatic carbocycles. The van der Waals surface area contributed by atoms with E-state index in [2.05, 4.69) is 0 Å².